The average molecular weight is 270 g/mol. The molecule has 0 aliphatic carbocycles. The molecule has 0 spiro atoms. The van der Waals surface area contributed by atoms with E-state index in [2.05, 4.69) is 18.7 Å². The van der Waals surface area contributed by atoms with Crippen molar-refractivity contribution in [3.8, 4) is 0 Å². The molecule has 1 amide bonds. The van der Waals surface area contributed by atoms with E-state index >= 15 is 0 Å². The maximum Gasteiger partial charge on any atom is 0.329 e. The van der Waals surface area contributed by atoms with E-state index < -0.39 is 11.5 Å². The minimum atomic E-state index is -1.01. The fourth-order valence-corrected chi connectivity index (χ4v) is 3.05. The lowest BCUT2D eigenvalue weighted by molar-refractivity contribution is -0.162. The summed E-state index contributed by atoms with van der Waals surface area (Å²) in [5.41, 5.74) is -1.01. The van der Waals surface area contributed by atoms with Crippen LogP contribution in [0.2, 0.25) is 0 Å². The number of carboxylic acids is 1. The monoisotopic (exact) mass is 270 g/mol. The number of aliphatic carboxylic acids is 1. The molecule has 0 atom stereocenters. The van der Waals surface area contributed by atoms with Crippen LogP contribution in [0.15, 0.2) is 0 Å². The van der Waals surface area contributed by atoms with Crippen LogP contribution in [0.1, 0.15) is 40.5 Å². The van der Waals surface area contributed by atoms with Crippen LogP contribution in [0.3, 0.4) is 0 Å². The van der Waals surface area contributed by atoms with Crippen LogP contribution in [-0.2, 0) is 9.59 Å². The predicted octanol–water partition coefficient (Wildman–Crippen LogP) is 1.43. The van der Waals surface area contributed by atoms with Gasteiger partial charge in [-0.05, 0) is 25.7 Å². The number of carbonyl (C=O) groups excluding carboxylic acids is 1. The molecule has 1 N–H and O–H groups in total. The van der Waals surface area contributed by atoms with E-state index in [4.69, 9.17) is 0 Å². The summed E-state index contributed by atoms with van der Waals surface area (Å²) in [6, 6.07) is 0. The molecular formula is C14H26N2O3. The first-order valence-electron chi connectivity index (χ1n) is 7.07. The van der Waals surface area contributed by atoms with Crippen LogP contribution in [-0.4, -0.2) is 58.5 Å². The Kier molecular flexibility index (Phi) is 5.35. The van der Waals surface area contributed by atoms with Crippen molar-refractivity contribution in [2.24, 2.45) is 5.92 Å². The van der Waals surface area contributed by atoms with Gasteiger partial charge in [0.1, 0.15) is 5.54 Å². The largest absolute Gasteiger partial charge is 0.479 e. The van der Waals surface area contributed by atoms with Crippen LogP contribution in [0.25, 0.3) is 0 Å². The molecule has 0 aromatic carbocycles. The molecule has 19 heavy (non-hydrogen) atoms. The van der Waals surface area contributed by atoms with E-state index in [9.17, 15) is 14.7 Å². The molecule has 1 rings (SSSR count). The highest BCUT2D eigenvalue weighted by atomic mass is 16.4. The SMILES string of the molecule is CCN(C(C)=O)C1(C(=O)O)CCN(CC(C)C)CC1. The lowest BCUT2D eigenvalue weighted by Crippen LogP contribution is -2.61. The normalized spacial score (nSPS) is 19.4. The first kappa shape index (κ1) is 16.0. The van der Waals surface area contributed by atoms with Gasteiger partial charge in [0.15, 0.2) is 0 Å². The number of likely N-dealkylation sites (N-methyl/N-ethyl adjacent to an activating group) is 1. The van der Waals surface area contributed by atoms with Crippen molar-refractivity contribution in [3.63, 3.8) is 0 Å². The fraction of sp³-hybridized carbons (Fsp3) is 0.857. The van der Waals surface area contributed by atoms with Crippen molar-refractivity contribution in [1.82, 2.24) is 9.80 Å². The first-order valence-corrected chi connectivity index (χ1v) is 7.07. The molecular weight excluding hydrogens is 244 g/mol. The topological polar surface area (TPSA) is 60.9 Å². The molecule has 5 heteroatoms. The van der Waals surface area contributed by atoms with Crippen LogP contribution < -0.4 is 0 Å². The number of piperidine rings is 1. The summed E-state index contributed by atoms with van der Waals surface area (Å²) in [6.45, 7) is 10.5. The Morgan fingerprint density at radius 2 is 1.84 bits per heavy atom. The maximum absolute atomic E-state index is 11.7. The molecule has 0 unspecified atom stereocenters. The Morgan fingerprint density at radius 3 is 2.16 bits per heavy atom. The Balaban J connectivity index is 2.82. The van der Waals surface area contributed by atoms with E-state index in [0.717, 1.165) is 19.6 Å². The summed E-state index contributed by atoms with van der Waals surface area (Å²) in [5.74, 6) is -0.441. The third-order valence-electron chi connectivity index (χ3n) is 3.92. The molecule has 110 valence electrons. The van der Waals surface area contributed by atoms with Gasteiger partial charge in [-0.15, -0.1) is 0 Å². The van der Waals surface area contributed by atoms with Gasteiger partial charge in [0, 0.05) is 33.1 Å². The van der Waals surface area contributed by atoms with E-state index in [0.29, 0.717) is 25.3 Å². The highest BCUT2D eigenvalue weighted by Gasteiger charge is 2.47. The zero-order valence-electron chi connectivity index (χ0n) is 12.5. The van der Waals surface area contributed by atoms with Crippen LogP contribution >= 0.6 is 0 Å². The van der Waals surface area contributed by atoms with Gasteiger partial charge in [-0.2, -0.15) is 0 Å². The molecule has 0 saturated carbocycles. The van der Waals surface area contributed by atoms with Crippen molar-refractivity contribution >= 4 is 11.9 Å². The van der Waals surface area contributed by atoms with E-state index in [1.54, 1.807) is 0 Å². The standard InChI is InChI=1S/C14H26N2O3/c1-5-16(12(4)17)14(13(18)19)6-8-15(9-7-14)10-11(2)3/h11H,5-10H2,1-4H3,(H,18,19). The molecule has 5 nitrogen and oxygen atoms in total. The van der Waals surface area contributed by atoms with Crippen LogP contribution in [0.4, 0.5) is 0 Å². The van der Waals surface area contributed by atoms with Gasteiger partial charge in [-0.1, -0.05) is 13.8 Å². The van der Waals surface area contributed by atoms with Crippen molar-refractivity contribution in [3.05, 3.63) is 0 Å². The van der Waals surface area contributed by atoms with Gasteiger partial charge in [0.25, 0.3) is 0 Å². The van der Waals surface area contributed by atoms with Crippen molar-refractivity contribution in [2.75, 3.05) is 26.2 Å². The summed E-state index contributed by atoms with van der Waals surface area (Å²) in [7, 11) is 0. The molecule has 0 aromatic heterocycles. The molecule has 0 bridgehead atoms. The minimum Gasteiger partial charge on any atom is -0.479 e. The molecule has 1 saturated heterocycles. The number of carbonyl (C=O) groups is 2. The maximum atomic E-state index is 11.7. The fourth-order valence-electron chi connectivity index (χ4n) is 3.05. The van der Waals surface area contributed by atoms with Gasteiger partial charge in [0.05, 0.1) is 0 Å². The highest BCUT2D eigenvalue weighted by molar-refractivity contribution is 5.86. The first-order chi connectivity index (χ1) is 8.83. The predicted molar refractivity (Wildman–Crippen MR) is 73.9 cm³/mol. The van der Waals surface area contributed by atoms with E-state index in [1.165, 1.54) is 11.8 Å². The smallest absolute Gasteiger partial charge is 0.329 e. The summed E-state index contributed by atoms with van der Waals surface area (Å²) in [4.78, 5) is 27.2. The molecule has 1 fully saturated rings. The molecule has 1 aliphatic rings. The lowest BCUT2D eigenvalue weighted by atomic mass is 9.85. The zero-order chi connectivity index (χ0) is 14.6. The van der Waals surface area contributed by atoms with Crippen molar-refractivity contribution in [1.29, 1.82) is 0 Å². The Labute approximate surface area is 115 Å². The molecule has 0 radical (unpaired) electrons. The van der Waals surface area contributed by atoms with Gasteiger partial charge in [-0.3, -0.25) is 4.79 Å². The highest BCUT2D eigenvalue weighted by Crippen LogP contribution is 2.30. The third kappa shape index (κ3) is 3.47. The Morgan fingerprint density at radius 1 is 1.32 bits per heavy atom. The van der Waals surface area contributed by atoms with Crippen LogP contribution in [0.5, 0.6) is 0 Å². The minimum absolute atomic E-state index is 0.151. The third-order valence-corrected chi connectivity index (χ3v) is 3.92. The number of hydrogen-bond acceptors (Lipinski definition) is 3. The average Bonchev–Trinajstić information content (AvgIpc) is 2.30. The number of likely N-dealkylation sites (tertiary alicyclic amines) is 1. The number of hydrogen-bond donors (Lipinski definition) is 1. The summed E-state index contributed by atoms with van der Waals surface area (Å²) >= 11 is 0. The molecule has 1 aliphatic heterocycles. The van der Waals surface area contributed by atoms with E-state index in [-0.39, 0.29) is 5.91 Å². The quantitative estimate of drug-likeness (QED) is 0.821. The zero-order valence-corrected chi connectivity index (χ0v) is 12.5. The second-order valence-corrected chi connectivity index (χ2v) is 5.79. The van der Waals surface area contributed by atoms with Crippen LogP contribution in [0, 0.1) is 5.92 Å². The second kappa shape index (κ2) is 6.37. The number of amides is 1. The summed E-state index contributed by atoms with van der Waals surface area (Å²) < 4.78 is 0. The van der Waals surface area contributed by atoms with Gasteiger partial charge >= 0.3 is 5.97 Å². The van der Waals surface area contributed by atoms with Gasteiger partial charge in [-0.25, -0.2) is 4.79 Å². The number of carboxylic acid groups (broad SMARTS) is 1. The molecule has 0 aromatic rings. The second-order valence-electron chi connectivity index (χ2n) is 5.79. The summed E-state index contributed by atoms with van der Waals surface area (Å²) in [6.07, 6.45) is 1.03. The number of nitrogens with zero attached hydrogens (tertiary/aromatic N) is 2. The lowest BCUT2D eigenvalue weighted by Gasteiger charge is -2.45. The summed E-state index contributed by atoms with van der Waals surface area (Å²) in [5, 5.41) is 9.59. The van der Waals surface area contributed by atoms with E-state index in [1.807, 2.05) is 6.92 Å². The van der Waals surface area contributed by atoms with Gasteiger partial charge < -0.3 is 14.9 Å². The Hall–Kier alpha value is -1.10. The number of rotatable bonds is 5. The van der Waals surface area contributed by atoms with Gasteiger partial charge in [0.2, 0.25) is 5.91 Å². The van der Waals surface area contributed by atoms with Crippen molar-refractivity contribution in [2.45, 2.75) is 46.1 Å². The molecule has 1 heterocycles. The van der Waals surface area contributed by atoms with Crippen molar-refractivity contribution < 1.29 is 14.7 Å². The Bertz CT molecular complexity index is 334.